The number of nitrogens with zero attached hydrogens (tertiary/aromatic N) is 2. The summed E-state index contributed by atoms with van der Waals surface area (Å²) in [4.78, 5) is 6.93. The van der Waals surface area contributed by atoms with Crippen molar-refractivity contribution in [3.63, 3.8) is 0 Å². The molecular formula is C20H36N4O3. The molecule has 154 valence electrons. The van der Waals surface area contributed by atoms with Crippen LogP contribution >= 0.6 is 0 Å². The molecule has 1 aromatic carbocycles. The minimum Gasteiger partial charge on any atom is -0.497 e. The second kappa shape index (κ2) is 14.1. The number of nitrogens with one attached hydrogen (secondary N) is 2. The topological polar surface area (TPSA) is 67.4 Å². The Bertz CT molecular complexity index is 552. The molecule has 1 aromatic rings. The average Bonchev–Trinajstić information content (AvgIpc) is 2.68. The minimum atomic E-state index is 0.751. The maximum Gasteiger partial charge on any atom is 0.191 e. The van der Waals surface area contributed by atoms with Crippen LogP contribution in [-0.2, 0) is 11.2 Å². The molecule has 0 saturated heterocycles. The van der Waals surface area contributed by atoms with Crippen molar-refractivity contribution in [2.75, 3.05) is 67.7 Å². The SMILES string of the molecule is CCNC(=NCCN(C)CCCOC)NCCc1cc(OC)ccc1OC. The molecule has 7 heteroatoms. The van der Waals surface area contributed by atoms with E-state index in [2.05, 4.69) is 34.5 Å². The first-order valence-corrected chi connectivity index (χ1v) is 9.55. The largest absolute Gasteiger partial charge is 0.497 e. The van der Waals surface area contributed by atoms with E-state index in [4.69, 9.17) is 14.2 Å². The molecule has 27 heavy (non-hydrogen) atoms. The lowest BCUT2D eigenvalue weighted by Gasteiger charge is -2.16. The molecule has 0 amide bonds. The molecule has 0 atom stereocenters. The van der Waals surface area contributed by atoms with Gasteiger partial charge in [-0.25, -0.2) is 0 Å². The minimum absolute atomic E-state index is 0.751. The standard InChI is InChI=1S/C20H36N4O3/c1-6-21-20(23-12-14-24(2)13-7-15-25-3)22-11-10-17-16-18(26-4)8-9-19(17)27-5/h8-9,16H,6-7,10-15H2,1-5H3,(H2,21,22,23). The Balaban J connectivity index is 2.48. The van der Waals surface area contributed by atoms with Crippen LogP contribution in [-0.4, -0.2) is 78.6 Å². The summed E-state index contributed by atoms with van der Waals surface area (Å²) in [6.45, 7) is 7.15. The lowest BCUT2D eigenvalue weighted by Crippen LogP contribution is -2.39. The van der Waals surface area contributed by atoms with Gasteiger partial charge in [-0.1, -0.05) is 0 Å². The van der Waals surface area contributed by atoms with E-state index >= 15 is 0 Å². The summed E-state index contributed by atoms with van der Waals surface area (Å²) in [6, 6.07) is 5.86. The summed E-state index contributed by atoms with van der Waals surface area (Å²) in [5.74, 6) is 2.55. The molecule has 0 fully saturated rings. The summed E-state index contributed by atoms with van der Waals surface area (Å²) in [5.41, 5.74) is 1.11. The highest BCUT2D eigenvalue weighted by Crippen LogP contribution is 2.24. The Hall–Kier alpha value is -1.99. The number of methoxy groups -OCH3 is 3. The number of benzene rings is 1. The number of aliphatic imine (C=N–C) groups is 1. The second-order valence-corrected chi connectivity index (χ2v) is 6.26. The Morgan fingerprint density at radius 2 is 1.93 bits per heavy atom. The first kappa shape index (κ1) is 23.0. The van der Waals surface area contributed by atoms with E-state index in [1.165, 1.54) is 0 Å². The smallest absolute Gasteiger partial charge is 0.191 e. The van der Waals surface area contributed by atoms with E-state index in [0.717, 1.165) is 75.2 Å². The van der Waals surface area contributed by atoms with Crippen molar-refractivity contribution in [2.24, 2.45) is 4.99 Å². The third kappa shape index (κ3) is 9.49. The third-order valence-corrected chi connectivity index (χ3v) is 4.16. The van der Waals surface area contributed by atoms with Crippen LogP contribution in [0.4, 0.5) is 0 Å². The fraction of sp³-hybridized carbons (Fsp3) is 0.650. The van der Waals surface area contributed by atoms with Crippen LogP contribution in [0.5, 0.6) is 11.5 Å². The van der Waals surface area contributed by atoms with Gasteiger partial charge in [-0.15, -0.1) is 0 Å². The van der Waals surface area contributed by atoms with Crippen molar-refractivity contribution in [2.45, 2.75) is 19.8 Å². The van der Waals surface area contributed by atoms with E-state index in [1.807, 2.05) is 18.2 Å². The van der Waals surface area contributed by atoms with Gasteiger partial charge in [-0.3, -0.25) is 4.99 Å². The van der Waals surface area contributed by atoms with Crippen LogP contribution in [0.2, 0.25) is 0 Å². The summed E-state index contributed by atoms with van der Waals surface area (Å²) >= 11 is 0. The third-order valence-electron chi connectivity index (χ3n) is 4.16. The molecule has 0 heterocycles. The van der Waals surface area contributed by atoms with Gasteiger partial charge in [0.05, 0.1) is 20.8 Å². The van der Waals surface area contributed by atoms with Crippen LogP contribution in [0.25, 0.3) is 0 Å². The lowest BCUT2D eigenvalue weighted by molar-refractivity contribution is 0.180. The molecule has 0 aliphatic rings. The number of guanidine groups is 1. The summed E-state index contributed by atoms with van der Waals surface area (Å²) < 4.78 is 15.8. The van der Waals surface area contributed by atoms with Gasteiger partial charge in [0.15, 0.2) is 5.96 Å². The average molecular weight is 381 g/mol. The maximum atomic E-state index is 5.44. The van der Waals surface area contributed by atoms with Crippen LogP contribution in [0, 0.1) is 0 Å². The number of rotatable bonds is 13. The van der Waals surface area contributed by atoms with E-state index in [9.17, 15) is 0 Å². The number of hydrogen-bond acceptors (Lipinski definition) is 5. The van der Waals surface area contributed by atoms with Gasteiger partial charge in [0.2, 0.25) is 0 Å². The van der Waals surface area contributed by atoms with E-state index in [-0.39, 0.29) is 0 Å². The predicted octanol–water partition coefficient (Wildman–Crippen LogP) is 1.77. The zero-order valence-electron chi connectivity index (χ0n) is 17.5. The molecule has 0 spiro atoms. The second-order valence-electron chi connectivity index (χ2n) is 6.26. The molecule has 0 saturated carbocycles. The molecule has 2 N–H and O–H groups in total. The van der Waals surface area contributed by atoms with Crippen LogP contribution in [0.1, 0.15) is 18.9 Å². The van der Waals surface area contributed by atoms with Gasteiger partial charge in [0, 0.05) is 39.9 Å². The Morgan fingerprint density at radius 3 is 2.59 bits per heavy atom. The normalized spacial score (nSPS) is 11.6. The molecule has 7 nitrogen and oxygen atoms in total. The molecule has 0 bridgehead atoms. The van der Waals surface area contributed by atoms with E-state index < -0.39 is 0 Å². The Morgan fingerprint density at radius 1 is 1.11 bits per heavy atom. The van der Waals surface area contributed by atoms with Gasteiger partial charge in [0.25, 0.3) is 0 Å². The van der Waals surface area contributed by atoms with E-state index in [0.29, 0.717) is 0 Å². The van der Waals surface area contributed by atoms with Gasteiger partial charge < -0.3 is 29.7 Å². The van der Waals surface area contributed by atoms with Crippen molar-refractivity contribution < 1.29 is 14.2 Å². The van der Waals surface area contributed by atoms with Crippen molar-refractivity contribution in [1.82, 2.24) is 15.5 Å². The zero-order chi connectivity index (χ0) is 19.9. The first-order chi connectivity index (χ1) is 13.1. The lowest BCUT2D eigenvalue weighted by atomic mass is 10.1. The number of hydrogen-bond donors (Lipinski definition) is 2. The van der Waals surface area contributed by atoms with E-state index in [1.54, 1.807) is 21.3 Å². The van der Waals surface area contributed by atoms with Gasteiger partial charge in [0.1, 0.15) is 11.5 Å². The molecule has 0 unspecified atom stereocenters. The van der Waals surface area contributed by atoms with Gasteiger partial charge >= 0.3 is 0 Å². The highest BCUT2D eigenvalue weighted by Gasteiger charge is 2.06. The van der Waals surface area contributed by atoms with Gasteiger partial charge in [-0.2, -0.15) is 0 Å². The summed E-state index contributed by atoms with van der Waals surface area (Å²) in [5, 5.41) is 6.68. The quantitative estimate of drug-likeness (QED) is 0.309. The van der Waals surface area contributed by atoms with Gasteiger partial charge in [-0.05, 0) is 50.6 Å². The highest BCUT2D eigenvalue weighted by atomic mass is 16.5. The van der Waals surface area contributed by atoms with Crippen molar-refractivity contribution in [3.8, 4) is 11.5 Å². The molecule has 0 radical (unpaired) electrons. The molecule has 0 aliphatic heterocycles. The summed E-state index contributed by atoms with van der Waals surface area (Å²) in [6.07, 6.45) is 1.86. The zero-order valence-corrected chi connectivity index (χ0v) is 17.5. The fourth-order valence-corrected chi connectivity index (χ4v) is 2.66. The maximum absolute atomic E-state index is 5.44. The molecule has 0 aliphatic carbocycles. The van der Waals surface area contributed by atoms with Crippen molar-refractivity contribution in [3.05, 3.63) is 23.8 Å². The number of likely N-dealkylation sites (N-methyl/N-ethyl adjacent to an activating group) is 1. The van der Waals surface area contributed by atoms with Crippen molar-refractivity contribution >= 4 is 5.96 Å². The molecule has 1 rings (SSSR count). The monoisotopic (exact) mass is 380 g/mol. The fourth-order valence-electron chi connectivity index (χ4n) is 2.66. The predicted molar refractivity (Wildman–Crippen MR) is 111 cm³/mol. The molecule has 0 aromatic heterocycles. The van der Waals surface area contributed by atoms with Crippen molar-refractivity contribution in [1.29, 1.82) is 0 Å². The number of ether oxygens (including phenoxy) is 3. The van der Waals surface area contributed by atoms with Crippen LogP contribution in [0.3, 0.4) is 0 Å². The Labute approximate surface area is 164 Å². The summed E-state index contributed by atoms with van der Waals surface area (Å²) in [7, 11) is 7.21. The Kier molecular flexibility index (Phi) is 12.1. The molecular weight excluding hydrogens is 344 g/mol. The van der Waals surface area contributed by atoms with Crippen LogP contribution < -0.4 is 20.1 Å². The highest BCUT2D eigenvalue weighted by molar-refractivity contribution is 5.79. The first-order valence-electron chi connectivity index (χ1n) is 9.55. The van der Waals surface area contributed by atoms with Crippen LogP contribution in [0.15, 0.2) is 23.2 Å².